The number of aryl methyl sites for hydroxylation is 1. The fraction of sp³-hybridized carbons (Fsp3) is 0.350. The molecule has 3 nitrogen and oxygen atoms in total. The van der Waals surface area contributed by atoms with E-state index in [-0.39, 0.29) is 11.3 Å². The van der Waals surface area contributed by atoms with Crippen LogP contribution in [0.25, 0.3) is 0 Å². The second-order valence-corrected chi connectivity index (χ2v) is 6.97. The van der Waals surface area contributed by atoms with Crippen molar-refractivity contribution >= 4 is 11.6 Å². The average Bonchev–Trinajstić information content (AvgIpc) is 2.52. The second-order valence-electron chi connectivity index (χ2n) is 6.97. The largest absolute Gasteiger partial charge is 0.496 e. The molecule has 2 rings (SSSR count). The van der Waals surface area contributed by atoms with Crippen LogP contribution in [0.2, 0.25) is 0 Å². The van der Waals surface area contributed by atoms with Crippen LogP contribution in [0.15, 0.2) is 48.5 Å². The first-order chi connectivity index (χ1) is 10.8. The summed E-state index contributed by atoms with van der Waals surface area (Å²) >= 11 is 0. The molecule has 0 aliphatic carbocycles. The van der Waals surface area contributed by atoms with Crippen LogP contribution in [-0.4, -0.2) is 19.6 Å². The van der Waals surface area contributed by atoms with E-state index < -0.39 is 0 Å². The molecule has 23 heavy (non-hydrogen) atoms. The van der Waals surface area contributed by atoms with E-state index in [0.717, 1.165) is 17.0 Å². The molecule has 1 amide bonds. The molecular weight excluding hydrogens is 286 g/mol. The van der Waals surface area contributed by atoms with Crippen molar-refractivity contribution in [3.63, 3.8) is 0 Å². The van der Waals surface area contributed by atoms with Crippen LogP contribution in [0, 0.1) is 12.3 Å². The zero-order valence-corrected chi connectivity index (χ0v) is 14.6. The lowest BCUT2D eigenvalue weighted by Crippen LogP contribution is -2.38. The Morgan fingerprint density at radius 1 is 1.09 bits per heavy atom. The zero-order valence-electron chi connectivity index (χ0n) is 14.6. The van der Waals surface area contributed by atoms with Crippen molar-refractivity contribution in [3.05, 3.63) is 59.7 Å². The van der Waals surface area contributed by atoms with E-state index >= 15 is 0 Å². The number of hydrogen-bond acceptors (Lipinski definition) is 2. The number of anilines is 1. The zero-order chi connectivity index (χ0) is 17.0. The number of ether oxygens (including phenoxy) is 1. The molecule has 2 aromatic carbocycles. The van der Waals surface area contributed by atoms with Crippen molar-refractivity contribution in [3.8, 4) is 5.75 Å². The number of benzene rings is 2. The number of rotatable bonds is 4. The maximum atomic E-state index is 13.0. The third-order valence-corrected chi connectivity index (χ3v) is 3.60. The van der Waals surface area contributed by atoms with Crippen LogP contribution in [0.1, 0.15) is 36.7 Å². The molecular formula is C20H25NO2. The molecule has 0 heterocycles. The van der Waals surface area contributed by atoms with Crippen molar-refractivity contribution < 1.29 is 9.53 Å². The van der Waals surface area contributed by atoms with E-state index in [9.17, 15) is 4.79 Å². The van der Waals surface area contributed by atoms with Gasteiger partial charge < -0.3 is 9.64 Å². The summed E-state index contributed by atoms with van der Waals surface area (Å²) < 4.78 is 5.41. The van der Waals surface area contributed by atoms with Crippen LogP contribution in [0.3, 0.4) is 0 Å². The van der Waals surface area contributed by atoms with Crippen molar-refractivity contribution in [1.29, 1.82) is 0 Å². The van der Waals surface area contributed by atoms with Crippen molar-refractivity contribution in [2.24, 2.45) is 5.41 Å². The van der Waals surface area contributed by atoms with Crippen molar-refractivity contribution in [1.82, 2.24) is 0 Å². The molecule has 0 aromatic heterocycles. The predicted octanol–water partition coefficient (Wildman–Crippen LogP) is 4.70. The standard InChI is InChI=1S/C20H25NO2/c1-15-11-12-17(13-18(15)23-5)21(14-20(2,3)4)19(22)16-9-7-6-8-10-16/h6-13H,14H2,1-5H3. The molecule has 0 bridgehead atoms. The summed E-state index contributed by atoms with van der Waals surface area (Å²) in [5.74, 6) is 0.800. The summed E-state index contributed by atoms with van der Waals surface area (Å²) in [5, 5.41) is 0. The van der Waals surface area contributed by atoms with Gasteiger partial charge in [-0.2, -0.15) is 0 Å². The number of carbonyl (C=O) groups excluding carboxylic acids is 1. The van der Waals surface area contributed by atoms with Gasteiger partial charge in [0.15, 0.2) is 0 Å². The quantitative estimate of drug-likeness (QED) is 0.819. The third-order valence-electron chi connectivity index (χ3n) is 3.60. The molecule has 3 heteroatoms. The van der Waals surface area contributed by atoms with Gasteiger partial charge in [-0.3, -0.25) is 4.79 Å². The number of hydrogen-bond donors (Lipinski definition) is 0. The molecule has 0 saturated heterocycles. The highest BCUT2D eigenvalue weighted by atomic mass is 16.5. The highest BCUT2D eigenvalue weighted by molar-refractivity contribution is 6.06. The number of carbonyl (C=O) groups is 1. The maximum Gasteiger partial charge on any atom is 0.258 e. The summed E-state index contributed by atoms with van der Waals surface area (Å²) in [6.45, 7) is 9.01. The first kappa shape index (κ1) is 17.1. The van der Waals surface area contributed by atoms with Gasteiger partial charge in [0.25, 0.3) is 5.91 Å². The Kier molecular flexibility index (Phi) is 5.09. The van der Waals surface area contributed by atoms with E-state index in [1.807, 2.05) is 60.4 Å². The van der Waals surface area contributed by atoms with Gasteiger partial charge in [0.05, 0.1) is 7.11 Å². The average molecular weight is 311 g/mol. The molecule has 0 unspecified atom stereocenters. The molecule has 0 fully saturated rings. The maximum absolute atomic E-state index is 13.0. The Morgan fingerprint density at radius 3 is 2.30 bits per heavy atom. The molecule has 0 radical (unpaired) electrons. The molecule has 0 aliphatic heterocycles. The predicted molar refractivity (Wildman–Crippen MR) is 95.3 cm³/mol. The number of amides is 1. The first-order valence-electron chi connectivity index (χ1n) is 7.83. The minimum atomic E-state index is -0.0113. The van der Waals surface area contributed by atoms with E-state index in [1.54, 1.807) is 7.11 Å². The molecule has 2 aromatic rings. The van der Waals surface area contributed by atoms with Gasteiger partial charge in [0.2, 0.25) is 0 Å². The normalized spacial score (nSPS) is 11.2. The second kappa shape index (κ2) is 6.86. The Labute approximate surface area is 138 Å². The first-order valence-corrected chi connectivity index (χ1v) is 7.83. The van der Waals surface area contributed by atoms with Gasteiger partial charge in [-0.15, -0.1) is 0 Å². The molecule has 0 N–H and O–H groups in total. The van der Waals surface area contributed by atoms with Gasteiger partial charge in [-0.1, -0.05) is 45.0 Å². The molecule has 0 atom stereocenters. The topological polar surface area (TPSA) is 29.5 Å². The minimum absolute atomic E-state index is 0.00595. The lowest BCUT2D eigenvalue weighted by atomic mass is 9.95. The van der Waals surface area contributed by atoms with Crippen LogP contribution in [0.4, 0.5) is 5.69 Å². The summed E-state index contributed by atoms with van der Waals surface area (Å²) in [5.41, 5.74) is 2.59. The molecule has 122 valence electrons. The van der Waals surface area contributed by atoms with E-state index in [2.05, 4.69) is 20.8 Å². The van der Waals surface area contributed by atoms with Crippen LogP contribution < -0.4 is 9.64 Å². The fourth-order valence-electron chi connectivity index (χ4n) is 2.47. The van der Waals surface area contributed by atoms with Crippen molar-refractivity contribution in [2.75, 3.05) is 18.6 Å². The molecule has 0 aliphatic rings. The van der Waals surface area contributed by atoms with E-state index in [0.29, 0.717) is 12.1 Å². The molecule has 0 saturated carbocycles. The fourth-order valence-corrected chi connectivity index (χ4v) is 2.47. The van der Waals surface area contributed by atoms with Crippen LogP contribution in [0.5, 0.6) is 5.75 Å². The lowest BCUT2D eigenvalue weighted by molar-refractivity contribution is 0.0977. The Balaban J connectivity index is 2.44. The SMILES string of the molecule is COc1cc(N(CC(C)(C)C)C(=O)c2ccccc2)ccc1C. The highest BCUT2D eigenvalue weighted by Gasteiger charge is 2.24. The van der Waals surface area contributed by atoms with Gasteiger partial charge in [0.1, 0.15) is 5.75 Å². The van der Waals surface area contributed by atoms with Crippen molar-refractivity contribution in [2.45, 2.75) is 27.7 Å². The van der Waals surface area contributed by atoms with Gasteiger partial charge in [-0.25, -0.2) is 0 Å². The lowest BCUT2D eigenvalue weighted by Gasteiger charge is -2.30. The summed E-state index contributed by atoms with van der Waals surface area (Å²) in [4.78, 5) is 14.8. The van der Waals surface area contributed by atoms with E-state index in [4.69, 9.17) is 4.74 Å². The summed E-state index contributed by atoms with van der Waals surface area (Å²) in [6.07, 6.45) is 0. The third kappa shape index (κ3) is 4.35. The molecule has 0 spiro atoms. The van der Waals surface area contributed by atoms with Gasteiger partial charge in [0, 0.05) is 23.9 Å². The van der Waals surface area contributed by atoms with E-state index in [1.165, 1.54) is 0 Å². The highest BCUT2D eigenvalue weighted by Crippen LogP contribution is 2.29. The van der Waals surface area contributed by atoms with Crippen LogP contribution >= 0.6 is 0 Å². The smallest absolute Gasteiger partial charge is 0.258 e. The van der Waals surface area contributed by atoms with Gasteiger partial charge in [-0.05, 0) is 36.1 Å². The number of nitrogens with zero attached hydrogens (tertiary/aromatic N) is 1. The Bertz CT molecular complexity index is 672. The minimum Gasteiger partial charge on any atom is -0.496 e. The van der Waals surface area contributed by atoms with Crippen LogP contribution in [-0.2, 0) is 0 Å². The summed E-state index contributed by atoms with van der Waals surface area (Å²) in [6, 6.07) is 15.3. The number of methoxy groups -OCH3 is 1. The Morgan fingerprint density at radius 2 is 1.74 bits per heavy atom. The Hall–Kier alpha value is -2.29. The summed E-state index contributed by atoms with van der Waals surface area (Å²) in [7, 11) is 1.65. The monoisotopic (exact) mass is 311 g/mol. The van der Waals surface area contributed by atoms with Gasteiger partial charge >= 0.3 is 0 Å².